The number of carbonyl (C=O) groups excluding carboxylic acids is 1. The van der Waals surface area contributed by atoms with Gasteiger partial charge in [0, 0.05) is 74.4 Å². The van der Waals surface area contributed by atoms with Crippen molar-refractivity contribution < 1.29 is 4.79 Å². The molecule has 186 valence electrons. The molecule has 0 bridgehead atoms. The lowest BCUT2D eigenvalue weighted by molar-refractivity contribution is -0.131. The zero-order valence-electron chi connectivity index (χ0n) is 20.8. The molecule has 0 unspecified atom stereocenters. The van der Waals surface area contributed by atoms with Gasteiger partial charge in [0.2, 0.25) is 11.0 Å². The van der Waals surface area contributed by atoms with Crippen LogP contribution in [0, 0.1) is 12.8 Å². The van der Waals surface area contributed by atoms with Gasteiger partial charge in [0.1, 0.15) is 5.82 Å². The Bertz CT molecular complexity index is 1110. The highest BCUT2D eigenvalue weighted by molar-refractivity contribution is 7.09. The van der Waals surface area contributed by atoms with Crippen molar-refractivity contribution in [3.05, 3.63) is 70.5 Å². The molecule has 0 atom stereocenters. The molecule has 0 saturated carbocycles. The maximum atomic E-state index is 13.0. The van der Waals surface area contributed by atoms with Crippen LogP contribution in [0.3, 0.4) is 0 Å². The predicted molar refractivity (Wildman–Crippen MR) is 146 cm³/mol. The summed E-state index contributed by atoms with van der Waals surface area (Å²) in [7, 11) is 0. The monoisotopic (exact) mass is 511 g/mol. The van der Waals surface area contributed by atoms with E-state index in [2.05, 4.69) is 65.3 Å². The summed E-state index contributed by atoms with van der Waals surface area (Å²) in [6.07, 6.45) is 1.21. The lowest BCUT2D eigenvalue weighted by Gasteiger charge is -2.36. The summed E-state index contributed by atoms with van der Waals surface area (Å²) < 4.78 is 4.60. The summed E-state index contributed by atoms with van der Waals surface area (Å²) in [5.74, 6) is 1.51. The van der Waals surface area contributed by atoms with Gasteiger partial charge in [-0.15, -0.1) is 0 Å². The summed E-state index contributed by atoms with van der Waals surface area (Å²) in [4.78, 5) is 24.3. The topological polar surface area (TPSA) is 52.6 Å². The molecule has 1 saturated heterocycles. The third kappa shape index (κ3) is 7.18. The highest BCUT2D eigenvalue weighted by atomic mass is 35.5. The first-order chi connectivity index (χ1) is 16.9. The van der Waals surface area contributed by atoms with Crippen molar-refractivity contribution in [3.8, 4) is 0 Å². The first-order valence-corrected chi connectivity index (χ1v) is 13.4. The molecule has 1 aromatic heterocycles. The Morgan fingerprint density at radius 2 is 1.86 bits per heavy atom. The molecule has 0 N–H and O–H groups in total. The smallest absolute Gasteiger partial charge is 0.224 e. The predicted octanol–water partition coefficient (Wildman–Crippen LogP) is 5.29. The van der Waals surface area contributed by atoms with Gasteiger partial charge in [-0.05, 0) is 36.6 Å². The van der Waals surface area contributed by atoms with Crippen LogP contribution in [0.4, 0.5) is 10.8 Å². The van der Waals surface area contributed by atoms with Crippen LogP contribution in [0.1, 0.15) is 37.2 Å². The molecule has 1 aliphatic rings. The van der Waals surface area contributed by atoms with E-state index in [0.29, 0.717) is 18.9 Å². The van der Waals surface area contributed by atoms with Gasteiger partial charge in [-0.25, -0.2) is 4.98 Å². The molecular weight excluding hydrogens is 478 g/mol. The number of anilines is 2. The summed E-state index contributed by atoms with van der Waals surface area (Å²) in [5, 5.41) is 1.64. The summed E-state index contributed by atoms with van der Waals surface area (Å²) in [5.41, 5.74) is 3.58. The summed E-state index contributed by atoms with van der Waals surface area (Å²) in [6.45, 7) is 11.1. The number of piperazine rings is 1. The lowest BCUT2D eigenvalue weighted by Crippen LogP contribution is -2.49. The Balaban J connectivity index is 1.31. The largest absolute Gasteiger partial charge is 0.368 e. The number of benzene rings is 2. The van der Waals surface area contributed by atoms with E-state index in [1.165, 1.54) is 22.7 Å². The molecule has 6 nitrogen and oxygen atoms in total. The van der Waals surface area contributed by atoms with Crippen molar-refractivity contribution in [2.75, 3.05) is 49.1 Å². The fourth-order valence-corrected chi connectivity index (χ4v) is 5.22. The number of hydrogen-bond donors (Lipinski definition) is 0. The third-order valence-corrected chi connectivity index (χ3v) is 7.25. The fourth-order valence-electron chi connectivity index (χ4n) is 4.31. The van der Waals surface area contributed by atoms with E-state index in [0.717, 1.165) is 60.8 Å². The molecule has 2 heterocycles. The molecule has 2 aromatic carbocycles. The van der Waals surface area contributed by atoms with Gasteiger partial charge in [0.05, 0.1) is 0 Å². The van der Waals surface area contributed by atoms with Gasteiger partial charge in [-0.1, -0.05) is 61.3 Å². The minimum Gasteiger partial charge on any atom is -0.368 e. The maximum absolute atomic E-state index is 13.0. The highest BCUT2D eigenvalue weighted by Crippen LogP contribution is 2.23. The van der Waals surface area contributed by atoms with Crippen LogP contribution in [-0.2, 0) is 11.2 Å². The van der Waals surface area contributed by atoms with Crippen LogP contribution in [0.25, 0.3) is 0 Å². The SMILES string of the molecule is Cc1ccc(Cc2nsc(N(CCC(=O)N3CCN(c4cccc(Cl)c4)CC3)CC(C)C)n2)cc1. The quantitative estimate of drug-likeness (QED) is 0.390. The Hall–Kier alpha value is -2.64. The Morgan fingerprint density at radius 3 is 2.54 bits per heavy atom. The molecule has 0 aliphatic carbocycles. The van der Waals surface area contributed by atoms with Crippen molar-refractivity contribution in [2.24, 2.45) is 5.92 Å². The maximum Gasteiger partial charge on any atom is 0.224 e. The van der Waals surface area contributed by atoms with E-state index in [-0.39, 0.29) is 5.91 Å². The minimum atomic E-state index is 0.203. The number of nitrogens with zero attached hydrogens (tertiary/aromatic N) is 5. The standard InChI is InChI=1S/C27H34ClN5OS/c1-20(2)19-33(27-29-25(30-35-27)17-22-9-7-21(3)8-10-22)12-11-26(34)32-15-13-31(14-16-32)24-6-4-5-23(28)18-24/h4-10,18,20H,11-17,19H2,1-3H3. The van der Waals surface area contributed by atoms with E-state index in [1.807, 2.05) is 23.1 Å². The fraction of sp³-hybridized carbons (Fsp3) is 0.444. The van der Waals surface area contributed by atoms with E-state index in [4.69, 9.17) is 16.6 Å². The van der Waals surface area contributed by atoms with Gasteiger partial charge in [-0.3, -0.25) is 4.79 Å². The summed E-state index contributed by atoms with van der Waals surface area (Å²) >= 11 is 7.57. The van der Waals surface area contributed by atoms with E-state index >= 15 is 0 Å². The van der Waals surface area contributed by atoms with Gasteiger partial charge in [0.15, 0.2) is 0 Å². The van der Waals surface area contributed by atoms with Gasteiger partial charge in [0.25, 0.3) is 0 Å². The van der Waals surface area contributed by atoms with E-state index in [9.17, 15) is 4.79 Å². The number of aryl methyl sites for hydroxylation is 1. The molecule has 8 heteroatoms. The van der Waals surface area contributed by atoms with Crippen molar-refractivity contribution in [2.45, 2.75) is 33.6 Å². The zero-order chi connectivity index (χ0) is 24.8. The third-order valence-electron chi connectivity index (χ3n) is 6.20. The van der Waals surface area contributed by atoms with Crippen LogP contribution >= 0.6 is 23.1 Å². The minimum absolute atomic E-state index is 0.203. The number of carbonyl (C=O) groups is 1. The van der Waals surface area contributed by atoms with Gasteiger partial charge < -0.3 is 14.7 Å². The average molecular weight is 512 g/mol. The van der Waals surface area contributed by atoms with Crippen LogP contribution in [0.15, 0.2) is 48.5 Å². The second-order valence-corrected chi connectivity index (χ2v) is 10.8. The van der Waals surface area contributed by atoms with Crippen molar-refractivity contribution >= 4 is 39.9 Å². The van der Waals surface area contributed by atoms with Crippen molar-refractivity contribution in [1.29, 1.82) is 0 Å². The molecule has 0 spiro atoms. The second kappa shape index (κ2) is 11.9. The lowest BCUT2D eigenvalue weighted by atomic mass is 10.1. The molecule has 1 fully saturated rings. The normalized spacial score (nSPS) is 14.0. The molecule has 3 aromatic rings. The Morgan fingerprint density at radius 1 is 1.11 bits per heavy atom. The molecule has 0 radical (unpaired) electrons. The number of amides is 1. The van der Waals surface area contributed by atoms with Crippen LogP contribution in [0.2, 0.25) is 5.02 Å². The average Bonchev–Trinajstić information content (AvgIpc) is 3.31. The molecular formula is C27H34ClN5OS. The van der Waals surface area contributed by atoms with Crippen LogP contribution in [0.5, 0.6) is 0 Å². The zero-order valence-corrected chi connectivity index (χ0v) is 22.4. The first-order valence-electron chi connectivity index (χ1n) is 12.3. The Kier molecular flexibility index (Phi) is 8.63. The number of halogens is 1. The number of hydrogen-bond acceptors (Lipinski definition) is 6. The molecule has 1 aliphatic heterocycles. The van der Waals surface area contributed by atoms with Gasteiger partial charge >= 0.3 is 0 Å². The van der Waals surface area contributed by atoms with E-state index < -0.39 is 0 Å². The van der Waals surface area contributed by atoms with Crippen LogP contribution in [-0.4, -0.2) is 59.4 Å². The second-order valence-electron chi connectivity index (χ2n) is 9.59. The molecule has 1 amide bonds. The Labute approximate surface area is 217 Å². The highest BCUT2D eigenvalue weighted by Gasteiger charge is 2.23. The van der Waals surface area contributed by atoms with Crippen molar-refractivity contribution in [1.82, 2.24) is 14.3 Å². The molecule has 35 heavy (non-hydrogen) atoms. The van der Waals surface area contributed by atoms with Gasteiger partial charge in [-0.2, -0.15) is 4.37 Å². The molecule has 4 rings (SSSR count). The van der Waals surface area contributed by atoms with Crippen LogP contribution < -0.4 is 9.80 Å². The summed E-state index contributed by atoms with van der Waals surface area (Å²) in [6, 6.07) is 16.4. The van der Waals surface area contributed by atoms with Crippen molar-refractivity contribution in [3.63, 3.8) is 0 Å². The number of rotatable bonds is 9. The number of aromatic nitrogens is 2. The first kappa shape index (κ1) is 25.5. The van der Waals surface area contributed by atoms with E-state index in [1.54, 1.807) is 0 Å².